The molecule has 6 nitrogen and oxygen atoms in total. The number of hydrogen-bond acceptors (Lipinski definition) is 3. The molecule has 8 heteroatoms. The van der Waals surface area contributed by atoms with E-state index in [0.717, 1.165) is 37.9 Å². The van der Waals surface area contributed by atoms with Crippen LogP contribution in [0.2, 0.25) is 0 Å². The summed E-state index contributed by atoms with van der Waals surface area (Å²) in [4.78, 5) is 21.1. The summed E-state index contributed by atoms with van der Waals surface area (Å²) in [6, 6.07) is 5.43. The van der Waals surface area contributed by atoms with E-state index in [2.05, 4.69) is 15.6 Å². The van der Waals surface area contributed by atoms with Crippen molar-refractivity contribution >= 4 is 35.8 Å². The molecule has 0 aromatic heterocycles. The zero-order valence-electron chi connectivity index (χ0n) is 19.0. The van der Waals surface area contributed by atoms with Gasteiger partial charge in [0.2, 0.25) is 5.91 Å². The number of likely N-dealkylation sites (tertiary alicyclic amines) is 1. The van der Waals surface area contributed by atoms with Crippen LogP contribution in [0.1, 0.15) is 49.7 Å². The number of carbonyl (C=O) groups excluding carboxylic acids is 1. The van der Waals surface area contributed by atoms with Crippen molar-refractivity contribution in [1.82, 2.24) is 20.4 Å². The number of guanidine groups is 1. The lowest BCUT2D eigenvalue weighted by atomic mass is 9.88. The average molecular weight is 545 g/mol. The number of hydrogen-bond donors (Lipinski definition) is 2. The molecule has 1 aliphatic carbocycles. The maximum absolute atomic E-state index is 14.0. The first kappa shape index (κ1) is 25.8. The molecule has 2 N–H and O–H groups in total. The van der Waals surface area contributed by atoms with E-state index in [9.17, 15) is 9.18 Å². The number of halogens is 2. The number of amides is 1. The third-order valence-corrected chi connectivity index (χ3v) is 6.08. The van der Waals surface area contributed by atoms with Crippen LogP contribution in [-0.4, -0.2) is 61.9 Å². The molecule has 1 saturated carbocycles. The molecule has 1 amide bonds. The lowest BCUT2D eigenvalue weighted by Gasteiger charge is -2.26. The summed E-state index contributed by atoms with van der Waals surface area (Å²) in [5, 5.41) is 6.76. The van der Waals surface area contributed by atoms with E-state index in [1.165, 1.54) is 25.3 Å². The van der Waals surface area contributed by atoms with E-state index >= 15 is 0 Å². The molecular weight excluding hydrogens is 508 g/mol. The molecule has 1 atom stereocenters. The minimum absolute atomic E-state index is 0. The third kappa shape index (κ3) is 7.59. The Kier molecular flexibility index (Phi) is 10.5. The standard InChI is InChI=1S/C23H36FN5O.HI/c1-25-23(26-14-17-9-10-21(24)19(13-17)15-28(2)3)27-20-11-12-29(16-20)22(30)18-7-5-4-6-8-18;/h9-10,13,18,20H,4-8,11-12,14-16H2,1-3H3,(H2,25,26,27);1H. The average Bonchev–Trinajstić information content (AvgIpc) is 3.21. The van der Waals surface area contributed by atoms with Crippen molar-refractivity contribution < 1.29 is 9.18 Å². The van der Waals surface area contributed by atoms with Gasteiger partial charge in [0, 0.05) is 50.7 Å². The quantitative estimate of drug-likeness (QED) is 0.327. The van der Waals surface area contributed by atoms with Gasteiger partial charge in [-0.1, -0.05) is 25.3 Å². The number of rotatable bonds is 6. The number of aliphatic imine (C=N–C) groups is 1. The van der Waals surface area contributed by atoms with Crippen LogP contribution >= 0.6 is 24.0 Å². The first-order valence-corrected chi connectivity index (χ1v) is 11.1. The van der Waals surface area contributed by atoms with E-state index in [-0.39, 0.29) is 41.8 Å². The van der Waals surface area contributed by atoms with Crippen LogP contribution in [0.3, 0.4) is 0 Å². The van der Waals surface area contributed by atoms with Gasteiger partial charge in [0.15, 0.2) is 5.96 Å². The van der Waals surface area contributed by atoms with E-state index in [1.807, 2.05) is 30.0 Å². The van der Waals surface area contributed by atoms with Gasteiger partial charge in [-0.2, -0.15) is 0 Å². The summed E-state index contributed by atoms with van der Waals surface area (Å²) in [5.41, 5.74) is 1.70. The summed E-state index contributed by atoms with van der Waals surface area (Å²) in [5.74, 6) is 1.10. The molecular formula is C23H37FIN5O. The number of carbonyl (C=O) groups is 1. The second-order valence-electron chi connectivity index (χ2n) is 8.84. The van der Waals surface area contributed by atoms with E-state index in [1.54, 1.807) is 13.1 Å². The summed E-state index contributed by atoms with van der Waals surface area (Å²) < 4.78 is 14.0. The Hall–Kier alpha value is -1.42. The minimum atomic E-state index is -0.177. The smallest absolute Gasteiger partial charge is 0.225 e. The van der Waals surface area contributed by atoms with Crippen molar-refractivity contribution in [3.05, 3.63) is 35.1 Å². The van der Waals surface area contributed by atoms with Crippen LogP contribution in [-0.2, 0) is 17.9 Å². The first-order valence-electron chi connectivity index (χ1n) is 11.1. The van der Waals surface area contributed by atoms with Crippen LogP contribution < -0.4 is 10.6 Å². The summed E-state index contributed by atoms with van der Waals surface area (Å²) >= 11 is 0. The van der Waals surface area contributed by atoms with Gasteiger partial charge in [-0.25, -0.2) is 4.39 Å². The fourth-order valence-corrected chi connectivity index (χ4v) is 4.46. The number of benzene rings is 1. The van der Waals surface area contributed by atoms with Crippen molar-refractivity contribution in [3.8, 4) is 0 Å². The second-order valence-corrected chi connectivity index (χ2v) is 8.84. The van der Waals surface area contributed by atoms with Crippen molar-refractivity contribution in [2.75, 3.05) is 34.2 Å². The number of nitrogens with one attached hydrogen (secondary N) is 2. The third-order valence-electron chi connectivity index (χ3n) is 6.08. The predicted molar refractivity (Wildman–Crippen MR) is 134 cm³/mol. The van der Waals surface area contributed by atoms with Crippen LogP contribution in [0.15, 0.2) is 23.2 Å². The molecule has 1 heterocycles. The Balaban J connectivity index is 0.00000341. The molecule has 0 spiro atoms. The van der Waals surface area contributed by atoms with Crippen molar-refractivity contribution in [2.45, 2.75) is 57.7 Å². The maximum atomic E-state index is 14.0. The van der Waals surface area contributed by atoms with Crippen molar-refractivity contribution in [1.29, 1.82) is 0 Å². The highest BCUT2D eigenvalue weighted by Gasteiger charge is 2.31. The van der Waals surface area contributed by atoms with Gasteiger partial charge in [-0.3, -0.25) is 9.79 Å². The van der Waals surface area contributed by atoms with E-state index < -0.39 is 0 Å². The highest BCUT2D eigenvalue weighted by atomic mass is 127. The Morgan fingerprint density at radius 2 is 1.97 bits per heavy atom. The predicted octanol–water partition coefficient (Wildman–Crippen LogP) is 3.35. The Morgan fingerprint density at radius 3 is 2.65 bits per heavy atom. The monoisotopic (exact) mass is 545 g/mol. The van der Waals surface area contributed by atoms with Crippen molar-refractivity contribution in [2.24, 2.45) is 10.9 Å². The van der Waals surface area contributed by atoms with Crippen molar-refractivity contribution in [3.63, 3.8) is 0 Å². The van der Waals surface area contributed by atoms with Gasteiger partial charge >= 0.3 is 0 Å². The molecule has 0 bridgehead atoms. The van der Waals surface area contributed by atoms with Gasteiger partial charge in [-0.05, 0) is 51.1 Å². The lowest BCUT2D eigenvalue weighted by Crippen LogP contribution is -2.45. The number of nitrogens with zero attached hydrogens (tertiary/aromatic N) is 3. The molecule has 1 aromatic rings. The largest absolute Gasteiger partial charge is 0.352 e. The molecule has 2 aliphatic rings. The van der Waals surface area contributed by atoms with E-state index in [4.69, 9.17) is 0 Å². The van der Waals surface area contributed by atoms with Gasteiger partial charge in [0.25, 0.3) is 0 Å². The summed E-state index contributed by atoms with van der Waals surface area (Å²) in [7, 11) is 5.61. The molecule has 0 radical (unpaired) electrons. The molecule has 3 rings (SSSR count). The Bertz CT molecular complexity index is 751. The molecule has 1 saturated heterocycles. The maximum Gasteiger partial charge on any atom is 0.225 e. The second kappa shape index (κ2) is 12.6. The van der Waals surface area contributed by atoms with Crippen LogP contribution in [0.5, 0.6) is 0 Å². The Labute approximate surface area is 203 Å². The van der Waals surface area contributed by atoms with Gasteiger partial charge in [0.1, 0.15) is 5.82 Å². The molecule has 1 unspecified atom stereocenters. The highest BCUT2D eigenvalue weighted by molar-refractivity contribution is 14.0. The zero-order chi connectivity index (χ0) is 21.5. The SMILES string of the molecule is CN=C(NCc1ccc(F)c(CN(C)C)c1)NC1CCN(C(=O)C2CCCCC2)C1.I. The minimum Gasteiger partial charge on any atom is -0.352 e. The molecule has 2 fully saturated rings. The fraction of sp³-hybridized carbons (Fsp3) is 0.652. The zero-order valence-corrected chi connectivity index (χ0v) is 21.3. The topological polar surface area (TPSA) is 60.0 Å². The van der Waals surface area contributed by atoms with Crippen LogP contribution in [0.4, 0.5) is 4.39 Å². The fourth-order valence-electron chi connectivity index (χ4n) is 4.46. The molecule has 31 heavy (non-hydrogen) atoms. The first-order chi connectivity index (χ1) is 14.5. The van der Waals surface area contributed by atoms with Gasteiger partial charge in [-0.15, -0.1) is 24.0 Å². The van der Waals surface area contributed by atoms with Gasteiger partial charge in [0.05, 0.1) is 0 Å². The van der Waals surface area contributed by atoms with E-state index in [0.29, 0.717) is 30.5 Å². The summed E-state index contributed by atoms with van der Waals surface area (Å²) in [6.45, 7) is 2.69. The lowest BCUT2D eigenvalue weighted by molar-refractivity contribution is -0.135. The molecule has 1 aromatic carbocycles. The Morgan fingerprint density at radius 1 is 1.23 bits per heavy atom. The highest BCUT2D eigenvalue weighted by Crippen LogP contribution is 2.26. The summed E-state index contributed by atoms with van der Waals surface area (Å²) in [6.07, 6.45) is 6.65. The van der Waals surface area contributed by atoms with Gasteiger partial charge < -0.3 is 20.4 Å². The molecule has 174 valence electrons. The van der Waals surface area contributed by atoms with Crippen LogP contribution in [0, 0.1) is 11.7 Å². The normalized spacial score (nSPS) is 20.0. The van der Waals surface area contributed by atoms with Crippen LogP contribution in [0.25, 0.3) is 0 Å². The molecule has 1 aliphatic heterocycles.